The molecule has 18 heavy (non-hydrogen) atoms. The third-order valence-corrected chi connectivity index (χ3v) is 2.94. The molecule has 0 atom stereocenters. The van der Waals surface area contributed by atoms with Gasteiger partial charge in [-0.05, 0) is 18.2 Å². The Morgan fingerprint density at radius 2 is 2.11 bits per heavy atom. The van der Waals surface area contributed by atoms with E-state index in [-0.39, 0.29) is 17.1 Å². The minimum atomic E-state index is -0.263. The number of ketones is 1. The summed E-state index contributed by atoms with van der Waals surface area (Å²) >= 11 is 5.80. The number of hydrogen-bond acceptors (Lipinski definition) is 4. The van der Waals surface area contributed by atoms with E-state index in [0.717, 1.165) is 13.1 Å². The molecule has 1 aliphatic heterocycles. The zero-order valence-corrected chi connectivity index (χ0v) is 10.6. The fourth-order valence-corrected chi connectivity index (χ4v) is 1.87. The third-order valence-electron chi connectivity index (χ3n) is 2.71. The van der Waals surface area contributed by atoms with Gasteiger partial charge in [-0.2, -0.15) is 0 Å². The van der Waals surface area contributed by atoms with Crippen LogP contribution in [0.4, 0.5) is 0 Å². The molecule has 0 unspecified atom stereocenters. The fraction of sp³-hybridized carbons (Fsp3) is 0.308. The minimum absolute atomic E-state index is 0.0592. The molecule has 0 spiro atoms. The third kappa shape index (κ3) is 3.24. The zero-order chi connectivity index (χ0) is 13.0. The number of allylic oxidation sites excluding steroid dienone is 1. The van der Waals surface area contributed by atoms with E-state index in [4.69, 9.17) is 16.3 Å². The highest BCUT2D eigenvalue weighted by Crippen LogP contribution is 2.22. The van der Waals surface area contributed by atoms with Crippen LogP contribution in [0.2, 0.25) is 5.02 Å². The molecule has 0 bridgehead atoms. The molecular formula is C13H14ClNO3. The molecule has 5 heteroatoms. The van der Waals surface area contributed by atoms with Gasteiger partial charge in [0.25, 0.3) is 0 Å². The Balaban J connectivity index is 2.06. The van der Waals surface area contributed by atoms with Gasteiger partial charge < -0.3 is 14.7 Å². The van der Waals surface area contributed by atoms with Crippen molar-refractivity contribution in [3.63, 3.8) is 0 Å². The molecule has 1 aromatic rings. The first-order valence-electron chi connectivity index (χ1n) is 5.69. The molecule has 1 heterocycles. The van der Waals surface area contributed by atoms with E-state index in [9.17, 15) is 9.90 Å². The molecule has 0 amide bonds. The van der Waals surface area contributed by atoms with Crippen LogP contribution in [0.15, 0.2) is 30.5 Å². The minimum Gasteiger partial charge on any atom is -0.507 e. The summed E-state index contributed by atoms with van der Waals surface area (Å²) in [6.07, 6.45) is 3.17. The van der Waals surface area contributed by atoms with Gasteiger partial charge in [-0.1, -0.05) is 11.6 Å². The summed E-state index contributed by atoms with van der Waals surface area (Å²) in [6.45, 7) is 2.87. The number of aromatic hydroxyl groups is 1. The highest BCUT2D eigenvalue weighted by atomic mass is 35.5. The average molecular weight is 268 g/mol. The topological polar surface area (TPSA) is 49.8 Å². The summed E-state index contributed by atoms with van der Waals surface area (Å²) in [5, 5.41) is 10.0. The van der Waals surface area contributed by atoms with Crippen molar-refractivity contribution >= 4 is 17.4 Å². The van der Waals surface area contributed by atoms with Crippen molar-refractivity contribution in [1.29, 1.82) is 0 Å². The Bertz CT molecular complexity index is 467. The SMILES string of the molecule is O=C(C=CN1CCOCC1)c1cc(Cl)ccc1O. The molecule has 0 radical (unpaired) electrons. The highest BCUT2D eigenvalue weighted by Gasteiger charge is 2.10. The number of hydrogen-bond donors (Lipinski definition) is 1. The summed E-state index contributed by atoms with van der Waals surface area (Å²) in [7, 11) is 0. The van der Waals surface area contributed by atoms with E-state index >= 15 is 0 Å². The van der Waals surface area contributed by atoms with Gasteiger partial charge >= 0.3 is 0 Å². The normalized spacial score (nSPS) is 16.2. The highest BCUT2D eigenvalue weighted by molar-refractivity contribution is 6.31. The molecular weight excluding hydrogens is 254 g/mol. The Kier molecular flexibility index (Phi) is 4.23. The van der Waals surface area contributed by atoms with Crippen LogP contribution >= 0.6 is 11.6 Å². The molecule has 0 aliphatic carbocycles. The molecule has 1 aliphatic rings. The van der Waals surface area contributed by atoms with Crippen molar-refractivity contribution in [2.75, 3.05) is 26.3 Å². The van der Waals surface area contributed by atoms with Gasteiger partial charge in [0.05, 0.1) is 18.8 Å². The lowest BCUT2D eigenvalue weighted by Gasteiger charge is -2.24. The summed E-state index contributed by atoms with van der Waals surface area (Å²) in [5.74, 6) is -0.322. The number of benzene rings is 1. The van der Waals surface area contributed by atoms with E-state index in [2.05, 4.69) is 0 Å². The smallest absolute Gasteiger partial charge is 0.191 e. The first-order valence-corrected chi connectivity index (χ1v) is 6.07. The standard InChI is InChI=1S/C13H14ClNO3/c14-10-1-2-12(16)11(9-10)13(17)3-4-15-5-7-18-8-6-15/h1-4,9,16H,5-8H2. The second-order valence-electron chi connectivity index (χ2n) is 3.99. The molecule has 1 fully saturated rings. The number of ether oxygens (including phenoxy) is 1. The number of halogens is 1. The van der Waals surface area contributed by atoms with Crippen molar-refractivity contribution < 1.29 is 14.6 Å². The maximum atomic E-state index is 11.9. The van der Waals surface area contributed by atoms with Crippen molar-refractivity contribution in [1.82, 2.24) is 4.90 Å². The molecule has 96 valence electrons. The lowest BCUT2D eigenvalue weighted by atomic mass is 10.1. The molecule has 0 aromatic heterocycles. The predicted octanol–water partition coefficient (Wildman–Crippen LogP) is 2.07. The van der Waals surface area contributed by atoms with Gasteiger partial charge in [0.2, 0.25) is 0 Å². The Morgan fingerprint density at radius 1 is 1.39 bits per heavy atom. The van der Waals surface area contributed by atoms with Gasteiger partial charge in [0.15, 0.2) is 5.78 Å². The molecule has 2 rings (SSSR count). The largest absolute Gasteiger partial charge is 0.507 e. The van der Waals surface area contributed by atoms with Crippen LogP contribution in [-0.2, 0) is 4.74 Å². The Labute approximate surface area is 110 Å². The summed E-state index contributed by atoms with van der Waals surface area (Å²) in [5.41, 5.74) is 0.215. The van der Waals surface area contributed by atoms with Crippen LogP contribution in [-0.4, -0.2) is 42.1 Å². The maximum absolute atomic E-state index is 11.9. The molecule has 4 nitrogen and oxygen atoms in total. The fourth-order valence-electron chi connectivity index (χ4n) is 1.70. The first kappa shape index (κ1) is 12.9. The number of phenolic OH excluding ortho intramolecular Hbond substituents is 1. The van der Waals surface area contributed by atoms with Crippen molar-refractivity contribution in [2.24, 2.45) is 0 Å². The molecule has 1 saturated heterocycles. The quantitative estimate of drug-likeness (QED) is 0.673. The van der Waals surface area contributed by atoms with Gasteiger partial charge in [-0.25, -0.2) is 0 Å². The molecule has 1 aromatic carbocycles. The lowest BCUT2D eigenvalue weighted by Crippen LogP contribution is -2.32. The average Bonchev–Trinajstić information content (AvgIpc) is 2.40. The number of morpholine rings is 1. The van der Waals surface area contributed by atoms with Crippen LogP contribution in [0.3, 0.4) is 0 Å². The molecule has 0 saturated carbocycles. The van der Waals surface area contributed by atoms with Crippen LogP contribution in [0.5, 0.6) is 5.75 Å². The van der Waals surface area contributed by atoms with Gasteiger partial charge in [-0.15, -0.1) is 0 Å². The van der Waals surface area contributed by atoms with E-state index < -0.39 is 0 Å². The monoisotopic (exact) mass is 267 g/mol. The van der Waals surface area contributed by atoms with Crippen LogP contribution in [0, 0.1) is 0 Å². The Morgan fingerprint density at radius 3 is 2.83 bits per heavy atom. The summed E-state index contributed by atoms with van der Waals surface area (Å²) < 4.78 is 5.21. The van der Waals surface area contributed by atoms with Gasteiger partial charge in [-0.3, -0.25) is 4.79 Å². The Hall–Kier alpha value is -1.52. The number of carbonyl (C=O) groups is 1. The second kappa shape index (κ2) is 5.89. The number of phenols is 1. The summed E-state index contributed by atoms with van der Waals surface area (Å²) in [4.78, 5) is 13.9. The maximum Gasteiger partial charge on any atom is 0.191 e. The van der Waals surface area contributed by atoms with Crippen LogP contribution < -0.4 is 0 Å². The van der Waals surface area contributed by atoms with Gasteiger partial charge in [0, 0.05) is 30.4 Å². The predicted molar refractivity (Wildman–Crippen MR) is 69.0 cm³/mol. The van der Waals surface area contributed by atoms with Crippen LogP contribution in [0.1, 0.15) is 10.4 Å². The first-order chi connectivity index (χ1) is 8.66. The lowest BCUT2D eigenvalue weighted by molar-refractivity contribution is 0.0591. The van der Waals surface area contributed by atoms with Crippen LogP contribution in [0.25, 0.3) is 0 Å². The van der Waals surface area contributed by atoms with E-state index in [0.29, 0.717) is 18.2 Å². The number of rotatable bonds is 3. The molecule has 1 N–H and O–H groups in total. The van der Waals surface area contributed by atoms with Crippen molar-refractivity contribution in [2.45, 2.75) is 0 Å². The van der Waals surface area contributed by atoms with E-state index in [1.807, 2.05) is 4.90 Å². The van der Waals surface area contributed by atoms with E-state index in [1.165, 1.54) is 18.2 Å². The van der Waals surface area contributed by atoms with Crippen molar-refractivity contribution in [3.05, 3.63) is 41.1 Å². The van der Waals surface area contributed by atoms with E-state index in [1.54, 1.807) is 12.3 Å². The number of carbonyl (C=O) groups excluding carboxylic acids is 1. The zero-order valence-electron chi connectivity index (χ0n) is 9.80. The van der Waals surface area contributed by atoms with Crippen molar-refractivity contribution in [3.8, 4) is 5.75 Å². The summed E-state index contributed by atoms with van der Waals surface area (Å²) in [6, 6.07) is 4.42. The number of nitrogens with zero attached hydrogens (tertiary/aromatic N) is 1. The second-order valence-corrected chi connectivity index (χ2v) is 4.43. The van der Waals surface area contributed by atoms with Gasteiger partial charge in [0.1, 0.15) is 5.75 Å².